The molecule has 0 unspecified atom stereocenters. The van der Waals surface area contributed by atoms with Crippen LogP contribution in [0, 0.1) is 5.92 Å². The molecule has 1 N–H and O–H groups in total. The zero-order valence-electron chi connectivity index (χ0n) is 13.0. The van der Waals surface area contributed by atoms with E-state index >= 15 is 0 Å². The highest BCUT2D eigenvalue weighted by Crippen LogP contribution is 2.47. The molecule has 1 aliphatic carbocycles. The van der Waals surface area contributed by atoms with Crippen molar-refractivity contribution in [2.24, 2.45) is 5.92 Å². The Morgan fingerprint density at radius 3 is 2.79 bits per heavy atom. The Labute approximate surface area is 150 Å². The van der Waals surface area contributed by atoms with Crippen molar-refractivity contribution in [3.05, 3.63) is 58.6 Å². The Kier molecular flexibility index (Phi) is 3.70. The molecule has 1 aromatic heterocycles. The zero-order valence-corrected chi connectivity index (χ0v) is 14.5. The molecule has 2 atom stereocenters. The summed E-state index contributed by atoms with van der Waals surface area (Å²) in [4.78, 5) is 14.1. The van der Waals surface area contributed by atoms with Gasteiger partial charge in [0.15, 0.2) is 5.11 Å². The number of carbonyl (C=O) groups is 1. The molecule has 1 aromatic carbocycles. The van der Waals surface area contributed by atoms with Gasteiger partial charge in [-0.1, -0.05) is 30.7 Å². The van der Waals surface area contributed by atoms with Crippen LogP contribution in [0.1, 0.15) is 30.8 Å². The molecule has 122 valence electrons. The van der Waals surface area contributed by atoms with Gasteiger partial charge in [0.2, 0.25) is 0 Å². The Morgan fingerprint density at radius 2 is 2.08 bits per heavy atom. The lowest BCUT2D eigenvalue weighted by Crippen LogP contribution is -2.30. The molecule has 2 aromatic rings. The molecule has 2 fully saturated rings. The third-order valence-electron chi connectivity index (χ3n) is 4.38. The standard InChI is InChI=1S/C18H15ClN2O2S/c1-10-8-12(10)16-7-6-11(23-16)9-14-17(22)21(18(24)20-14)15-5-3-2-4-13(15)19/h2-7,9-10,12H,8H2,1H3,(H,20,24)/b14-9-/t10-,12+/m0/s1. The molecule has 1 saturated heterocycles. The number of benzene rings is 1. The second-order valence-corrected chi connectivity index (χ2v) is 6.93. The van der Waals surface area contributed by atoms with Gasteiger partial charge in [-0.05, 0) is 48.8 Å². The minimum absolute atomic E-state index is 0.245. The van der Waals surface area contributed by atoms with Crippen LogP contribution in [-0.2, 0) is 4.79 Å². The first-order valence-electron chi connectivity index (χ1n) is 7.76. The van der Waals surface area contributed by atoms with Gasteiger partial charge in [0.05, 0.1) is 10.7 Å². The topological polar surface area (TPSA) is 45.5 Å². The first kappa shape index (κ1) is 15.4. The number of nitrogens with one attached hydrogen (secondary N) is 1. The third-order valence-corrected chi connectivity index (χ3v) is 4.98. The van der Waals surface area contributed by atoms with Crippen LogP contribution in [0.4, 0.5) is 5.69 Å². The molecule has 2 heterocycles. The van der Waals surface area contributed by atoms with E-state index in [1.54, 1.807) is 18.2 Å². The molecular weight excluding hydrogens is 344 g/mol. The van der Waals surface area contributed by atoms with Gasteiger partial charge >= 0.3 is 0 Å². The van der Waals surface area contributed by atoms with E-state index in [9.17, 15) is 4.79 Å². The van der Waals surface area contributed by atoms with Crippen molar-refractivity contribution in [2.75, 3.05) is 4.90 Å². The smallest absolute Gasteiger partial charge is 0.281 e. The summed E-state index contributed by atoms with van der Waals surface area (Å²) in [6.45, 7) is 2.20. The number of nitrogens with zero attached hydrogens (tertiary/aromatic N) is 1. The van der Waals surface area contributed by atoms with Gasteiger partial charge in [0.1, 0.15) is 17.2 Å². The molecule has 4 rings (SSSR count). The zero-order chi connectivity index (χ0) is 16.8. The predicted octanol–water partition coefficient (Wildman–Crippen LogP) is 4.32. The molecule has 24 heavy (non-hydrogen) atoms. The Hall–Kier alpha value is -2.11. The Bertz CT molecular complexity index is 873. The number of hydrogen-bond acceptors (Lipinski definition) is 3. The van der Waals surface area contributed by atoms with Crippen molar-refractivity contribution in [1.82, 2.24) is 5.32 Å². The number of hydrogen-bond donors (Lipinski definition) is 1. The summed E-state index contributed by atoms with van der Waals surface area (Å²) in [5.74, 6) is 2.55. The monoisotopic (exact) mass is 358 g/mol. The van der Waals surface area contributed by atoms with Gasteiger partial charge in [0.25, 0.3) is 5.91 Å². The van der Waals surface area contributed by atoms with Crippen LogP contribution in [-0.4, -0.2) is 11.0 Å². The highest BCUT2D eigenvalue weighted by atomic mass is 35.5. The maximum atomic E-state index is 12.7. The fourth-order valence-electron chi connectivity index (χ4n) is 2.89. The van der Waals surface area contributed by atoms with Crippen LogP contribution in [0.3, 0.4) is 0 Å². The van der Waals surface area contributed by atoms with E-state index in [0.717, 1.165) is 12.2 Å². The molecule has 0 spiro atoms. The summed E-state index contributed by atoms with van der Waals surface area (Å²) < 4.78 is 5.83. The number of carbonyl (C=O) groups excluding carboxylic acids is 1. The van der Waals surface area contributed by atoms with Crippen LogP contribution in [0.5, 0.6) is 0 Å². The third kappa shape index (κ3) is 2.64. The second kappa shape index (κ2) is 5.76. The lowest BCUT2D eigenvalue weighted by Gasteiger charge is -2.15. The fraction of sp³-hybridized carbons (Fsp3) is 0.222. The van der Waals surface area contributed by atoms with Crippen LogP contribution < -0.4 is 10.2 Å². The largest absolute Gasteiger partial charge is 0.461 e. The van der Waals surface area contributed by atoms with E-state index in [0.29, 0.717) is 39.1 Å². The van der Waals surface area contributed by atoms with E-state index in [1.807, 2.05) is 24.3 Å². The van der Waals surface area contributed by atoms with Gasteiger partial charge in [-0.25, -0.2) is 0 Å². The number of anilines is 1. The number of thiocarbonyl (C=S) groups is 1. The quantitative estimate of drug-likeness (QED) is 0.655. The van der Waals surface area contributed by atoms with Gasteiger partial charge in [-0.15, -0.1) is 0 Å². The summed E-state index contributed by atoms with van der Waals surface area (Å²) in [6, 6.07) is 11.0. The van der Waals surface area contributed by atoms with Crippen molar-refractivity contribution < 1.29 is 9.21 Å². The van der Waals surface area contributed by atoms with E-state index in [-0.39, 0.29) is 5.91 Å². The molecule has 1 amide bonds. The maximum absolute atomic E-state index is 12.7. The molecule has 6 heteroatoms. The second-order valence-electron chi connectivity index (χ2n) is 6.14. The van der Waals surface area contributed by atoms with Crippen LogP contribution >= 0.6 is 23.8 Å². The lowest BCUT2D eigenvalue weighted by atomic mass is 10.2. The van der Waals surface area contributed by atoms with Gasteiger partial charge in [-0.3, -0.25) is 9.69 Å². The average Bonchev–Trinajstić information content (AvgIpc) is 2.99. The maximum Gasteiger partial charge on any atom is 0.281 e. The summed E-state index contributed by atoms with van der Waals surface area (Å²) in [5.41, 5.74) is 0.946. The number of para-hydroxylation sites is 1. The molecule has 1 aliphatic heterocycles. The van der Waals surface area contributed by atoms with Crippen molar-refractivity contribution in [2.45, 2.75) is 19.3 Å². The van der Waals surface area contributed by atoms with Crippen LogP contribution in [0.15, 0.2) is 46.5 Å². The van der Waals surface area contributed by atoms with Gasteiger partial charge in [-0.2, -0.15) is 0 Å². The molecule has 0 radical (unpaired) electrons. The average molecular weight is 359 g/mol. The highest BCUT2D eigenvalue weighted by molar-refractivity contribution is 7.80. The minimum atomic E-state index is -0.245. The summed E-state index contributed by atoms with van der Waals surface area (Å²) >= 11 is 11.5. The van der Waals surface area contributed by atoms with E-state index < -0.39 is 0 Å². The van der Waals surface area contributed by atoms with Crippen molar-refractivity contribution in [1.29, 1.82) is 0 Å². The fourth-order valence-corrected chi connectivity index (χ4v) is 3.40. The van der Waals surface area contributed by atoms with E-state index in [4.69, 9.17) is 28.2 Å². The molecule has 4 nitrogen and oxygen atoms in total. The normalized spacial score (nSPS) is 24.6. The molecular formula is C18H15ClN2O2S. The highest BCUT2D eigenvalue weighted by Gasteiger charge is 2.37. The minimum Gasteiger partial charge on any atom is -0.461 e. The molecule has 2 aliphatic rings. The Balaban J connectivity index is 1.61. The molecule has 0 bridgehead atoms. The van der Waals surface area contributed by atoms with Gasteiger partial charge in [0, 0.05) is 12.0 Å². The number of amides is 1. The van der Waals surface area contributed by atoms with Crippen molar-refractivity contribution in [3.63, 3.8) is 0 Å². The van der Waals surface area contributed by atoms with Gasteiger partial charge < -0.3 is 9.73 Å². The Morgan fingerprint density at radius 1 is 1.33 bits per heavy atom. The summed E-state index contributed by atoms with van der Waals surface area (Å²) in [5, 5.41) is 3.72. The predicted molar refractivity (Wildman–Crippen MR) is 97.9 cm³/mol. The number of rotatable bonds is 3. The van der Waals surface area contributed by atoms with Crippen LogP contribution in [0.2, 0.25) is 5.02 Å². The van der Waals surface area contributed by atoms with E-state index in [2.05, 4.69) is 12.2 Å². The van der Waals surface area contributed by atoms with Crippen molar-refractivity contribution >= 4 is 46.6 Å². The SMILES string of the molecule is C[C@H]1C[C@H]1c1ccc(/C=C2\NC(=S)N(c3ccccc3Cl)C2=O)o1. The number of halogens is 1. The summed E-state index contributed by atoms with van der Waals surface area (Å²) in [6.07, 6.45) is 2.84. The van der Waals surface area contributed by atoms with Crippen LogP contribution in [0.25, 0.3) is 6.08 Å². The summed E-state index contributed by atoms with van der Waals surface area (Å²) in [7, 11) is 0. The molecule has 1 saturated carbocycles. The lowest BCUT2D eigenvalue weighted by molar-refractivity contribution is -0.113. The van der Waals surface area contributed by atoms with Crippen molar-refractivity contribution in [3.8, 4) is 0 Å². The van der Waals surface area contributed by atoms with E-state index in [1.165, 1.54) is 4.90 Å². The first-order valence-corrected chi connectivity index (χ1v) is 8.54. The number of furan rings is 1. The first-order chi connectivity index (χ1) is 11.5.